The normalized spacial score (nSPS) is 12.6. The Morgan fingerprint density at radius 1 is 1.44 bits per heavy atom. The van der Waals surface area contributed by atoms with E-state index in [1.165, 1.54) is 12.0 Å². The second-order valence-corrected chi connectivity index (χ2v) is 4.10. The lowest BCUT2D eigenvalue weighted by atomic mass is 10.1. The highest BCUT2D eigenvalue weighted by Crippen LogP contribution is 2.29. The number of amides is 1. The molecule has 5 heteroatoms. The molecule has 1 aliphatic rings. The zero-order valence-corrected chi connectivity index (χ0v) is 10.4. The van der Waals surface area contributed by atoms with Crippen molar-refractivity contribution in [1.82, 2.24) is 0 Å². The number of carbonyl (C=O) groups excluding carboxylic acids is 2. The Morgan fingerprint density at radius 3 is 2.94 bits per heavy atom. The monoisotopic (exact) mass is 249 g/mol. The van der Waals surface area contributed by atoms with Gasteiger partial charge in [0, 0.05) is 19.2 Å². The first kappa shape index (κ1) is 12.4. The van der Waals surface area contributed by atoms with Crippen LogP contribution in [0.5, 0.6) is 5.75 Å². The SMILES string of the molecule is COC(=O)CC(=O)N(C)c1ccc2c(c1)CCO2. The van der Waals surface area contributed by atoms with E-state index in [4.69, 9.17) is 4.74 Å². The Morgan fingerprint density at radius 2 is 2.22 bits per heavy atom. The van der Waals surface area contributed by atoms with Gasteiger partial charge in [-0.3, -0.25) is 9.59 Å². The summed E-state index contributed by atoms with van der Waals surface area (Å²) in [5.74, 6) is 0.0459. The van der Waals surface area contributed by atoms with Gasteiger partial charge >= 0.3 is 5.97 Å². The van der Waals surface area contributed by atoms with Crippen molar-refractivity contribution in [2.24, 2.45) is 0 Å². The molecule has 0 aromatic heterocycles. The van der Waals surface area contributed by atoms with Crippen LogP contribution in [0.4, 0.5) is 5.69 Å². The third-order valence-corrected chi connectivity index (χ3v) is 2.96. The van der Waals surface area contributed by atoms with Crippen LogP contribution in [0.2, 0.25) is 0 Å². The summed E-state index contributed by atoms with van der Waals surface area (Å²) in [6.45, 7) is 0.679. The smallest absolute Gasteiger partial charge is 0.315 e. The molecule has 1 aromatic rings. The highest BCUT2D eigenvalue weighted by atomic mass is 16.5. The van der Waals surface area contributed by atoms with Crippen molar-refractivity contribution >= 4 is 17.6 Å². The number of rotatable bonds is 3. The Labute approximate surface area is 105 Å². The highest BCUT2D eigenvalue weighted by Gasteiger charge is 2.18. The third-order valence-electron chi connectivity index (χ3n) is 2.96. The summed E-state index contributed by atoms with van der Waals surface area (Å²) < 4.78 is 9.87. The first-order valence-electron chi connectivity index (χ1n) is 5.71. The Hall–Kier alpha value is -2.04. The van der Waals surface area contributed by atoms with Crippen molar-refractivity contribution in [1.29, 1.82) is 0 Å². The zero-order valence-electron chi connectivity index (χ0n) is 10.4. The van der Waals surface area contributed by atoms with E-state index in [9.17, 15) is 9.59 Å². The molecular formula is C13H15NO4. The summed E-state index contributed by atoms with van der Waals surface area (Å²) in [5.41, 5.74) is 1.85. The van der Waals surface area contributed by atoms with Gasteiger partial charge in [-0.2, -0.15) is 0 Å². The number of anilines is 1. The van der Waals surface area contributed by atoms with Crippen molar-refractivity contribution in [2.75, 3.05) is 25.7 Å². The summed E-state index contributed by atoms with van der Waals surface area (Å²) >= 11 is 0. The van der Waals surface area contributed by atoms with Crippen molar-refractivity contribution in [3.05, 3.63) is 23.8 Å². The van der Waals surface area contributed by atoms with Crippen molar-refractivity contribution in [3.63, 3.8) is 0 Å². The van der Waals surface area contributed by atoms with E-state index < -0.39 is 5.97 Å². The van der Waals surface area contributed by atoms with Crippen LogP contribution in [0.3, 0.4) is 0 Å². The van der Waals surface area contributed by atoms with Crippen LogP contribution in [-0.2, 0) is 20.7 Å². The number of hydrogen-bond acceptors (Lipinski definition) is 4. The maximum atomic E-state index is 11.8. The third kappa shape index (κ3) is 2.45. The Balaban J connectivity index is 2.11. The fourth-order valence-electron chi connectivity index (χ4n) is 1.84. The summed E-state index contributed by atoms with van der Waals surface area (Å²) in [4.78, 5) is 24.3. The molecule has 2 rings (SSSR count). The van der Waals surface area contributed by atoms with Crippen LogP contribution in [0.25, 0.3) is 0 Å². The lowest BCUT2D eigenvalue weighted by molar-refractivity contribution is -0.143. The van der Waals surface area contributed by atoms with Crippen LogP contribution < -0.4 is 9.64 Å². The molecule has 1 aromatic carbocycles. The highest BCUT2D eigenvalue weighted by molar-refractivity contribution is 6.03. The molecule has 0 bridgehead atoms. The van der Waals surface area contributed by atoms with Crippen LogP contribution in [0.15, 0.2) is 18.2 Å². The van der Waals surface area contributed by atoms with E-state index in [1.807, 2.05) is 12.1 Å². The number of fused-ring (bicyclic) bond motifs is 1. The molecule has 0 atom stereocenters. The van der Waals surface area contributed by atoms with Gasteiger partial charge in [-0.05, 0) is 23.8 Å². The van der Waals surface area contributed by atoms with Gasteiger partial charge in [0.25, 0.3) is 0 Å². The average Bonchev–Trinajstić information content (AvgIpc) is 2.84. The maximum Gasteiger partial charge on any atom is 0.315 e. The van der Waals surface area contributed by atoms with Crippen molar-refractivity contribution < 1.29 is 19.1 Å². The minimum Gasteiger partial charge on any atom is -0.493 e. The molecule has 0 unspecified atom stereocenters. The van der Waals surface area contributed by atoms with E-state index in [-0.39, 0.29) is 12.3 Å². The number of hydrogen-bond donors (Lipinski definition) is 0. The van der Waals surface area contributed by atoms with Crippen LogP contribution in [0, 0.1) is 0 Å². The summed E-state index contributed by atoms with van der Waals surface area (Å²) in [7, 11) is 2.91. The van der Waals surface area contributed by atoms with E-state index >= 15 is 0 Å². The van der Waals surface area contributed by atoms with E-state index in [0.29, 0.717) is 6.61 Å². The first-order chi connectivity index (χ1) is 8.61. The fraction of sp³-hybridized carbons (Fsp3) is 0.385. The molecule has 96 valence electrons. The van der Waals surface area contributed by atoms with Crippen LogP contribution in [-0.4, -0.2) is 32.6 Å². The second kappa shape index (κ2) is 5.08. The molecule has 0 radical (unpaired) electrons. The molecule has 18 heavy (non-hydrogen) atoms. The van der Waals surface area contributed by atoms with Crippen molar-refractivity contribution in [3.8, 4) is 5.75 Å². The zero-order chi connectivity index (χ0) is 13.1. The van der Waals surface area contributed by atoms with E-state index in [1.54, 1.807) is 13.1 Å². The van der Waals surface area contributed by atoms with Gasteiger partial charge in [0.1, 0.15) is 12.2 Å². The first-order valence-corrected chi connectivity index (χ1v) is 5.71. The predicted octanol–water partition coefficient (Wildman–Crippen LogP) is 1.15. The van der Waals surface area contributed by atoms with Crippen LogP contribution >= 0.6 is 0 Å². The van der Waals surface area contributed by atoms with Gasteiger partial charge in [0.05, 0.1) is 13.7 Å². The fourth-order valence-corrected chi connectivity index (χ4v) is 1.84. The van der Waals surface area contributed by atoms with Crippen molar-refractivity contribution in [2.45, 2.75) is 12.8 Å². The lowest BCUT2D eigenvalue weighted by Crippen LogP contribution is -2.28. The quantitative estimate of drug-likeness (QED) is 0.595. The Bertz CT molecular complexity index is 484. The molecule has 0 aliphatic carbocycles. The number of methoxy groups -OCH3 is 1. The predicted molar refractivity (Wildman–Crippen MR) is 65.7 cm³/mol. The van der Waals surface area contributed by atoms with Gasteiger partial charge in [0.2, 0.25) is 5.91 Å². The molecule has 1 heterocycles. The minimum atomic E-state index is -0.531. The Kier molecular flexibility index (Phi) is 3.50. The molecule has 0 fully saturated rings. The lowest BCUT2D eigenvalue weighted by Gasteiger charge is -2.17. The molecule has 5 nitrogen and oxygen atoms in total. The maximum absolute atomic E-state index is 11.8. The van der Waals surface area contributed by atoms with Gasteiger partial charge in [0.15, 0.2) is 0 Å². The molecular weight excluding hydrogens is 234 g/mol. The van der Waals surface area contributed by atoms with Crippen LogP contribution in [0.1, 0.15) is 12.0 Å². The molecule has 0 saturated carbocycles. The molecule has 0 N–H and O–H groups in total. The number of esters is 1. The standard InChI is InChI=1S/C13H15NO4/c1-14(12(15)8-13(16)17-2)10-3-4-11-9(7-10)5-6-18-11/h3-4,7H,5-6,8H2,1-2H3. The largest absolute Gasteiger partial charge is 0.493 e. The topological polar surface area (TPSA) is 55.8 Å². The molecule has 0 spiro atoms. The molecule has 0 saturated heterocycles. The minimum absolute atomic E-state index is 0.249. The number of ether oxygens (including phenoxy) is 2. The summed E-state index contributed by atoms with van der Waals surface area (Å²) in [6, 6.07) is 5.57. The van der Waals surface area contributed by atoms with Gasteiger partial charge in [-0.15, -0.1) is 0 Å². The van der Waals surface area contributed by atoms with Gasteiger partial charge in [-0.25, -0.2) is 0 Å². The van der Waals surface area contributed by atoms with Gasteiger partial charge in [-0.1, -0.05) is 0 Å². The average molecular weight is 249 g/mol. The number of carbonyl (C=O) groups is 2. The number of nitrogens with zero attached hydrogens (tertiary/aromatic N) is 1. The molecule has 1 aliphatic heterocycles. The second-order valence-electron chi connectivity index (χ2n) is 4.10. The van der Waals surface area contributed by atoms with Gasteiger partial charge < -0.3 is 14.4 Å². The van der Waals surface area contributed by atoms with E-state index in [2.05, 4.69) is 4.74 Å². The molecule has 1 amide bonds. The summed E-state index contributed by atoms with van der Waals surface area (Å²) in [6.07, 6.45) is 0.600. The number of benzene rings is 1. The summed E-state index contributed by atoms with van der Waals surface area (Å²) in [5, 5.41) is 0. The van der Waals surface area contributed by atoms with E-state index in [0.717, 1.165) is 23.4 Å².